The number of rotatable bonds is 6. The van der Waals surface area contributed by atoms with Crippen molar-refractivity contribution >= 4 is 34.7 Å². The largest absolute Gasteiger partial charge is 0.451 e. The van der Waals surface area contributed by atoms with Gasteiger partial charge in [-0.25, -0.2) is 28.9 Å². The molecule has 5 rings (SSSR count). The molecule has 37 heavy (non-hydrogen) atoms. The zero-order valence-corrected chi connectivity index (χ0v) is 19.8. The molecule has 0 spiro atoms. The molecule has 1 aliphatic rings. The van der Waals surface area contributed by atoms with E-state index in [2.05, 4.69) is 15.0 Å². The van der Waals surface area contributed by atoms with Crippen molar-refractivity contribution in [3.8, 4) is 0 Å². The highest BCUT2D eigenvalue weighted by Crippen LogP contribution is 2.46. The number of hydrogen-bond acceptors (Lipinski definition) is 9. The van der Waals surface area contributed by atoms with Crippen molar-refractivity contribution in [2.24, 2.45) is 0 Å². The molecule has 2 N–H and O–H groups in total. The van der Waals surface area contributed by atoms with E-state index in [0.717, 1.165) is 10.9 Å². The summed E-state index contributed by atoms with van der Waals surface area (Å²) in [7, 11) is 0. The second-order valence-electron chi connectivity index (χ2n) is 8.46. The minimum absolute atomic E-state index is 0.0104. The number of carbonyl (C=O) groups excluding carboxylic acids is 2. The minimum atomic E-state index is -2.45. The summed E-state index contributed by atoms with van der Waals surface area (Å²) in [6, 6.07) is 14.0. The van der Waals surface area contributed by atoms with Crippen LogP contribution in [0.2, 0.25) is 5.15 Å². The lowest BCUT2D eigenvalue weighted by Crippen LogP contribution is -2.52. The van der Waals surface area contributed by atoms with Crippen molar-refractivity contribution in [2.45, 2.75) is 30.0 Å². The quantitative estimate of drug-likeness (QED) is 0.287. The Labute approximate surface area is 214 Å². The number of esters is 2. The summed E-state index contributed by atoms with van der Waals surface area (Å²) < 4.78 is 28.4. The Morgan fingerprint density at radius 1 is 0.973 bits per heavy atom. The molecule has 1 aliphatic carbocycles. The van der Waals surface area contributed by atoms with Crippen LogP contribution in [0.15, 0.2) is 73.3 Å². The Bertz CT molecular complexity index is 1440. The number of fused-ring (bicyclic) bond motifs is 1. The van der Waals surface area contributed by atoms with E-state index < -0.39 is 48.6 Å². The van der Waals surface area contributed by atoms with Crippen molar-refractivity contribution in [3.05, 3.63) is 89.6 Å². The Kier molecular flexibility index (Phi) is 6.59. The maximum Gasteiger partial charge on any atom is 0.338 e. The van der Waals surface area contributed by atoms with Gasteiger partial charge in [0.15, 0.2) is 34.8 Å². The number of aliphatic hydroxyl groups excluding tert-OH is 1. The third-order valence-electron chi connectivity index (χ3n) is 6.28. The van der Waals surface area contributed by atoms with Crippen LogP contribution in [0.5, 0.6) is 0 Å². The van der Waals surface area contributed by atoms with Crippen molar-refractivity contribution < 1.29 is 33.7 Å². The number of aliphatic hydroxyl groups is 2. The molecule has 0 radical (unpaired) electrons. The standard InChI is InChI=1S/C25H20ClFN4O6/c26-21-17-22(29-12-28-21)31(13-30-17)19-16(27)18(36-23(33)14-7-3-1-4-8-14)20(25(19,35)11-32)37-24(34)15-9-5-2-6-10-15/h1-10,12-13,16,18-20,32,35H,11H2/t16-,18-,19-,20+,25?/m0/s1. The zero-order valence-electron chi connectivity index (χ0n) is 19.0. The van der Waals surface area contributed by atoms with Crippen LogP contribution in [0, 0.1) is 0 Å². The number of imidazole rings is 1. The highest BCUT2D eigenvalue weighted by atomic mass is 35.5. The third kappa shape index (κ3) is 4.31. The lowest BCUT2D eigenvalue weighted by molar-refractivity contribution is -0.131. The molecule has 0 aliphatic heterocycles. The molecule has 12 heteroatoms. The number of carbonyl (C=O) groups is 2. The summed E-state index contributed by atoms with van der Waals surface area (Å²) >= 11 is 6.08. The smallest absolute Gasteiger partial charge is 0.338 e. The number of halogens is 2. The molecular weight excluding hydrogens is 507 g/mol. The van der Waals surface area contributed by atoms with Gasteiger partial charge in [0, 0.05) is 0 Å². The van der Waals surface area contributed by atoms with Gasteiger partial charge in [0.25, 0.3) is 0 Å². The van der Waals surface area contributed by atoms with E-state index in [1.807, 2.05) is 0 Å². The van der Waals surface area contributed by atoms with Crippen molar-refractivity contribution in [3.63, 3.8) is 0 Å². The molecule has 1 saturated carbocycles. The minimum Gasteiger partial charge on any atom is -0.451 e. The number of benzene rings is 2. The second-order valence-corrected chi connectivity index (χ2v) is 8.81. The summed E-state index contributed by atoms with van der Waals surface area (Å²) in [6.45, 7) is -1.05. The summed E-state index contributed by atoms with van der Waals surface area (Å²) in [6.07, 6.45) is -3.46. The van der Waals surface area contributed by atoms with Crippen molar-refractivity contribution in [1.29, 1.82) is 0 Å². The Balaban J connectivity index is 1.58. The van der Waals surface area contributed by atoms with E-state index in [1.165, 1.54) is 30.6 Å². The van der Waals surface area contributed by atoms with Crippen LogP contribution >= 0.6 is 11.6 Å². The first-order valence-corrected chi connectivity index (χ1v) is 11.6. The van der Waals surface area contributed by atoms with Crippen LogP contribution in [0.4, 0.5) is 4.39 Å². The van der Waals surface area contributed by atoms with Crippen LogP contribution in [0.3, 0.4) is 0 Å². The molecule has 1 unspecified atom stereocenters. The van der Waals surface area contributed by atoms with Gasteiger partial charge in [0.1, 0.15) is 17.9 Å². The number of ether oxygens (including phenoxy) is 2. The van der Waals surface area contributed by atoms with E-state index in [1.54, 1.807) is 36.4 Å². The summed E-state index contributed by atoms with van der Waals surface area (Å²) in [4.78, 5) is 37.8. The van der Waals surface area contributed by atoms with E-state index in [9.17, 15) is 19.8 Å². The zero-order chi connectivity index (χ0) is 26.2. The van der Waals surface area contributed by atoms with Gasteiger partial charge in [-0.3, -0.25) is 0 Å². The molecule has 10 nitrogen and oxygen atoms in total. The number of aromatic nitrogens is 4. The summed E-state index contributed by atoms with van der Waals surface area (Å²) in [5, 5.41) is 22.0. The summed E-state index contributed by atoms with van der Waals surface area (Å²) in [5.74, 6) is -1.82. The molecule has 2 heterocycles. The molecule has 190 valence electrons. The van der Waals surface area contributed by atoms with E-state index in [-0.39, 0.29) is 27.4 Å². The fourth-order valence-electron chi connectivity index (χ4n) is 4.50. The summed E-state index contributed by atoms with van der Waals surface area (Å²) in [5.41, 5.74) is -2.04. The van der Waals surface area contributed by atoms with Gasteiger partial charge in [0.2, 0.25) is 0 Å². The molecule has 2 aromatic heterocycles. The third-order valence-corrected chi connectivity index (χ3v) is 6.56. The van der Waals surface area contributed by atoms with Gasteiger partial charge in [-0.05, 0) is 24.3 Å². The van der Waals surface area contributed by atoms with Crippen molar-refractivity contribution in [1.82, 2.24) is 19.5 Å². The highest BCUT2D eigenvalue weighted by molar-refractivity contribution is 6.33. The van der Waals surface area contributed by atoms with E-state index in [0.29, 0.717) is 0 Å². The monoisotopic (exact) mass is 526 g/mol. The van der Waals surface area contributed by atoms with Crippen LogP contribution in [0.1, 0.15) is 26.8 Å². The molecular formula is C25H20ClFN4O6. The van der Waals surface area contributed by atoms with Gasteiger partial charge >= 0.3 is 11.9 Å². The maximum absolute atomic E-state index is 16.2. The molecule has 4 aromatic rings. The van der Waals surface area contributed by atoms with Gasteiger partial charge in [-0.1, -0.05) is 48.0 Å². The number of hydrogen-bond donors (Lipinski definition) is 2. The first-order valence-electron chi connectivity index (χ1n) is 11.2. The lowest BCUT2D eigenvalue weighted by Gasteiger charge is -2.33. The van der Waals surface area contributed by atoms with Crippen LogP contribution in [-0.2, 0) is 9.47 Å². The van der Waals surface area contributed by atoms with Crippen LogP contribution in [-0.4, -0.2) is 72.3 Å². The predicted molar refractivity (Wildman–Crippen MR) is 128 cm³/mol. The Morgan fingerprint density at radius 3 is 2.16 bits per heavy atom. The Hall–Kier alpha value is -3.93. The van der Waals surface area contributed by atoms with Crippen molar-refractivity contribution in [2.75, 3.05) is 6.61 Å². The first-order chi connectivity index (χ1) is 17.8. The molecule has 0 bridgehead atoms. The molecule has 0 saturated heterocycles. The average Bonchev–Trinajstić information content (AvgIpc) is 3.43. The first kappa shape index (κ1) is 24.8. The second kappa shape index (κ2) is 9.85. The highest BCUT2D eigenvalue weighted by Gasteiger charge is 2.65. The molecule has 5 atom stereocenters. The topological polar surface area (TPSA) is 137 Å². The fraction of sp³-hybridized carbons (Fsp3) is 0.240. The lowest BCUT2D eigenvalue weighted by atomic mass is 9.95. The van der Waals surface area contributed by atoms with Gasteiger partial charge < -0.3 is 24.3 Å². The van der Waals surface area contributed by atoms with Gasteiger partial charge in [-0.2, -0.15) is 0 Å². The molecule has 1 fully saturated rings. The van der Waals surface area contributed by atoms with Crippen LogP contribution < -0.4 is 0 Å². The fourth-order valence-corrected chi connectivity index (χ4v) is 4.68. The number of nitrogens with zero attached hydrogens (tertiary/aromatic N) is 4. The Morgan fingerprint density at radius 2 is 1.57 bits per heavy atom. The van der Waals surface area contributed by atoms with Crippen LogP contribution in [0.25, 0.3) is 11.2 Å². The molecule has 0 amide bonds. The molecule has 2 aromatic carbocycles. The number of alkyl halides is 1. The van der Waals surface area contributed by atoms with Gasteiger partial charge in [0.05, 0.1) is 24.1 Å². The van der Waals surface area contributed by atoms with Gasteiger partial charge in [-0.15, -0.1) is 0 Å². The SMILES string of the molecule is O=C(O[C@H]1[C@H](F)[C@H](n2cnc3c(Cl)ncnc32)C(O)(CO)[C@@H]1OC(=O)c1ccccc1)c1ccccc1. The predicted octanol–water partition coefficient (Wildman–Crippen LogP) is 2.55. The normalized spacial score (nSPS) is 25.2. The van der Waals surface area contributed by atoms with E-state index >= 15 is 4.39 Å². The maximum atomic E-state index is 16.2. The van der Waals surface area contributed by atoms with E-state index in [4.69, 9.17) is 21.1 Å². The average molecular weight is 527 g/mol.